The van der Waals surface area contributed by atoms with E-state index in [1.807, 2.05) is 24.3 Å². The van der Waals surface area contributed by atoms with Crippen molar-refractivity contribution in [2.75, 3.05) is 0 Å². The Morgan fingerprint density at radius 3 is 2.40 bits per heavy atom. The molecule has 2 aromatic rings. The van der Waals surface area contributed by atoms with Gasteiger partial charge in [0.1, 0.15) is 0 Å². The minimum absolute atomic E-state index is 0.0598. The fourth-order valence-electron chi connectivity index (χ4n) is 1.46. The average molecular weight is 239 g/mol. The van der Waals surface area contributed by atoms with Gasteiger partial charge in [0.05, 0.1) is 4.90 Å². The van der Waals surface area contributed by atoms with Gasteiger partial charge in [-0.3, -0.25) is 0 Å². The predicted molar refractivity (Wildman–Crippen MR) is 62.6 cm³/mol. The second-order valence-electron chi connectivity index (χ2n) is 3.18. The van der Waals surface area contributed by atoms with Gasteiger partial charge in [-0.1, -0.05) is 30.3 Å². The van der Waals surface area contributed by atoms with Crippen LogP contribution in [0.4, 0.5) is 0 Å². The Kier molecular flexibility index (Phi) is 2.46. The third-order valence-electron chi connectivity index (χ3n) is 2.17. The maximum atomic E-state index is 11.2. The molecular weight excluding hydrogens is 230 g/mol. The zero-order valence-corrected chi connectivity index (χ0v) is 9.42. The molecule has 0 saturated heterocycles. The van der Waals surface area contributed by atoms with E-state index in [9.17, 15) is 8.42 Å². The van der Waals surface area contributed by atoms with E-state index < -0.39 is 10.0 Å². The highest BCUT2D eigenvalue weighted by Gasteiger charge is 2.13. The lowest BCUT2D eigenvalue weighted by Gasteiger charge is -2.06. The lowest BCUT2D eigenvalue weighted by Crippen LogP contribution is -2.12. The minimum atomic E-state index is -3.70. The molecule has 0 spiro atoms. The van der Waals surface area contributed by atoms with Crippen molar-refractivity contribution in [3.05, 3.63) is 36.4 Å². The first kappa shape index (κ1) is 10.5. The first-order valence-electron chi connectivity index (χ1n) is 4.23. The number of sulfonamides is 1. The molecule has 0 aromatic heterocycles. The molecule has 2 N–H and O–H groups in total. The zero-order valence-electron chi connectivity index (χ0n) is 7.71. The number of fused-ring (bicyclic) bond motifs is 1. The first-order chi connectivity index (χ1) is 7.00. The van der Waals surface area contributed by atoms with Crippen molar-refractivity contribution in [1.82, 2.24) is 0 Å². The van der Waals surface area contributed by atoms with Crippen molar-refractivity contribution < 1.29 is 8.42 Å². The molecule has 3 nitrogen and oxygen atoms in total. The van der Waals surface area contributed by atoms with Crippen LogP contribution in [-0.4, -0.2) is 8.42 Å². The molecule has 2 aromatic carbocycles. The van der Waals surface area contributed by atoms with Gasteiger partial charge in [0.25, 0.3) is 0 Å². The second-order valence-corrected chi connectivity index (χ2v) is 5.16. The summed E-state index contributed by atoms with van der Waals surface area (Å²) in [5.41, 5.74) is 0. The predicted octanol–water partition coefficient (Wildman–Crippen LogP) is 1.78. The number of rotatable bonds is 1. The SMILES string of the molecule is NS(=O)(=O)c1ccc2ccccc2c1S. The molecule has 0 aliphatic rings. The van der Waals surface area contributed by atoms with Gasteiger partial charge >= 0.3 is 0 Å². The fourth-order valence-corrected chi connectivity index (χ4v) is 2.76. The Bertz CT molecular complexity index is 620. The lowest BCUT2D eigenvalue weighted by atomic mass is 10.1. The highest BCUT2D eigenvalue weighted by molar-refractivity contribution is 7.90. The summed E-state index contributed by atoms with van der Waals surface area (Å²) >= 11 is 4.20. The van der Waals surface area contributed by atoms with E-state index in [1.165, 1.54) is 6.07 Å². The van der Waals surface area contributed by atoms with Crippen LogP contribution < -0.4 is 5.14 Å². The highest BCUT2D eigenvalue weighted by Crippen LogP contribution is 2.27. The van der Waals surface area contributed by atoms with E-state index in [4.69, 9.17) is 5.14 Å². The van der Waals surface area contributed by atoms with E-state index >= 15 is 0 Å². The Morgan fingerprint density at radius 1 is 1.07 bits per heavy atom. The van der Waals surface area contributed by atoms with Gasteiger partial charge in [0.2, 0.25) is 10.0 Å². The van der Waals surface area contributed by atoms with Crippen LogP contribution in [0, 0.1) is 0 Å². The van der Waals surface area contributed by atoms with E-state index in [2.05, 4.69) is 12.6 Å². The largest absolute Gasteiger partial charge is 0.239 e. The topological polar surface area (TPSA) is 60.2 Å². The molecule has 0 atom stereocenters. The van der Waals surface area contributed by atoms with E-state index in [0.29, 0.717) is 4.90 Å². The van der Waals surface area contributed by atoms with Crippen LogP contribution in [-0.2, 0) is 10.0 Å². The molecule has 0 unspecified atom stereocenters. The maximum Gasteiger partial charge on any atom is 0.239 e. The molecule has 0 aliphatic heterocycles. The van der Waals surface area contributed by atoms with Gasteiger partial charge in [0, 0.05) is 4.90 Å². The average Bonchev–Trinajstić information content (AvgIpc) is 2.16. The molecule has 15 heavy (non-hydrogen) atoms. The van der Waals surface area contributed by atoms with Gasteiger partial charge in [0.15, 0.2) is 0 Å². The number of hydrogen-bond acceptors (Lipinski definition) is 3. The zero-order chi connectivity index (χ0) is 11.1. The number of hydrogen-bond donors (Lipinski definition) is 2. The highest BCUT2D eigenvalue weighted by atomic mass is 32.2. The summed E-state index contributed by atoms with van der Waals surface area (Å²) in [4.78, 5) is 0.458. The van der Waals surface area contributed by atoms with E-state index in [1.54, 1.807) is 6.07 Å². The molecule has 78 valence electrons. The Morgan fingerprint density at radius 2 is 1.73 bits per heavy atom. The van der Waals surface area contributed by atoms with Crippen molar-refractivity contribution in [1.29, 1.82) is 0 Å². The molecule has 0 bridgehead atoms. The lowest BCUT2D eigenvalue weighted by molar-refractivity contribution is 0.596. The van der Waals surface area contributed by atoms with Crippen molar-refractivity contribution in [3.63, 3.8) is 0 Å². The fraction of sp³-hybridized carbons (Fsp3) is 0. The van der Waals surface area contributed by atoms with Crippen molar-refractivity contribution in [2.24, 2.45) is 5.14 Å². The third-order valence-corrected chi connectivity index (χ3v) is 3.76. The quantitative estimate of drug-likeness (QED) is 0.745. The number of nitrogens with two attached hydrogens (primary N) is 1. The summed E-state index contributed by atoms with van der Waals surface area (Å²) in [6, 6.07) is 10.6. The van der Waals surface area contributed by atoms with Gasteiger partial charge < -0.3 is 0 Å². The Hall–Kier alpha value is -1.04. The summed E-state index contributed by atoms with van der Waals surface area (Å²) in [5, 5.41) is 6.80. The van der Waals surface area contributed by atoms with Crippen LogP contribution in [0.1, 0.15) is 0 Å². The van der Waals surface area contributed by atoms with E-state index in [0.717, 1.165) is 10.8 Å². The van der Waals surface area contributed by atoms with Crippen molar-refractivity contribution in [3.8, 4) is 0 Å². The number of primary sulfonamides is 1. The molecule has 5 heteroatoms. The van der Waals surface area contributed by atoms with Crippen molar-refractivity contribution in [2.45, 2.75) is 9.79 Å². The van der Waals surface area contributed by atoms with Gasteiger partial charge in [-0.25, -0.2) is 13.6 Å². The van der Waals surface area contributed by atoms with Gasteiger partial charge in [-0.05, 0) is 16.8 Å². The summed E-state index contributed by atoms with van der Waals surface area (Å²) in [6.45, 7) is 0. The van der Waals surface area contributed by atoms with Gasteiger partial charge in [-0.2, -0.15) is 0 Å². The number of thiol groups is 1. The molecule has 0 heterocycles. The monoisotopic (exact) mass is 239 g/mol. The first-order valence-corrected chi connectivity index (χ1v) is 6.23. The van der Waals surface area contributed by atoms with Crippen LogP contribution in [0.15, 0.2) is 46.2 Å². The molecule has 0 saturated carbocycles. The van der Waals surface area contributed by atoms with E-state index in [-0.39, 0.29) is 4.90 Å². The number of benzene rings is 2. The Balaban J connectivity index is 2.88. The van der Waals surface area contributed by atoms with Crippen LogP contribution in [0.2, 0.25) is 0 Å². The third kappa shape index (κ3) is 1.86. The minimum Gasteiger partial charge on any atom is -0.225 e. The van der Waals surface area contributed by atoms with Crippen molar-refractivity contribution >= 4 is 33.4 Å². The molecule has 0 fully saturated rings. The Labute approximate surface area is 93.4 Å². The normalized spacial score (nSPS) is 11.9. The van der Waals surface area contributed by atoms with Gasteiger partial charge in [-0.15, -0.1) is 12.6 Å². The summed E-state index contributed by atoms with van der Waals surface area (Å²) in [7, 11) is -3.70. The molecule has 0 radical (unpaired) electrons. The smallest absolute Gasteiger partial charge is 0.225 e. The summed E-state index contributed by atoms with van der Waals surface area (Å²) in [6.07, 6.45) is 0. The summed E-state index contributed by atoms with van der Waals surface area (Å²) < 4.78 is 22.5. The molecule has 0 aliphatic carbocycles. The van der Waals surface area contributed by atoms with Crippen LogP contribution in [0.5, 0.6) is 0 Å². The van der Waals surface area contributed by atoms with Crippen LogP contribution >= 0.6 is 12.6 Å². The van der Waals surface area contributed by atoms with Crippen LogP contribution in [0.25, 0.3) is 10.8 Å². The van der Waals surface area contributed by atoms with Crippen LogP contribution in [0.3, 0.4) is 0 Å². The standard InChI is InChI=1S/C10H9NO2S2/c11-15(12,13)9-6-5-7-3-1-2-4-8(7)10(9)14/h1-6,14H,(H2,11,12,13). The second kappa shape index (κ2) is 3.52. The molecule has 2 rings (SSSR count). The molecular formula is C10H9NO2S2. The molecule has 0 amide bonds. The summed E-state index contributed by atoms with van der Waals surface area (Å²) in [5.74, 6) is 0. The maximum absolute atomic E-state index is 11.2.